The Balaban J connectivity index is 0.570. The number of imide groups is 2. The summed E-state index contributed by atoms with van der Waals surface area (Å²) in [4.78, 5) is 139. The Morgan fingerprint density at radius 3 is 1.76 bits per heavy atom. The van der Waals surface area contributed by atoms with Crippen LogP contribution >= 0.6 is 11.3 Å². The molecule has 42 heteroatoms. The van der Waals surface area contributed by atoms with Crippen LogP contribution in [0.5, 0.6) is 5.75 Å². The third kappa shape index (κ3) is 31.8. The normalized spacial score (nSPS) is 18.7. The number of thiazole rings is 1. The van der Waals surface area contributed by atoms with Gasteiger partial charge < -0.3 is 103 Å². The number of urea groups is 1. The number of nitrogens with zero attached hydrogens (tertiary/aromatic N) is 8. The van der Waals surface area contributed by atoms with Gasteiger partial charge in [-0.05, 0) is 170 Å². The van der Waals surface area contributed by atoms with Crippen molar-refractivity contribution < 1.29 is 128 Å². The number of methoxy groups -OCH3 is 1. The molecule has 5 heterocycles. The third-order valence-electron chi connectivity index (χ3n) is 25.3. The van der Waals surface area contributed by atoms with E-state index in [9.17, 15) is 61.2 Å². The summed E-state index contributed by atoms with van der Waals surface area (Å²) >= 11 is 1.39. The number of hydrogen-bond donors (Lipinski definition) is 7. The molecule has 141 heavy (non-hydrogen) atoms. The Kier molecular flexibility index (Phi) is 40.9. The van der Waals surface area contributed by atoms with Crippen molar-refractivity contribution in [2.45, 2.75) is 142 Å². The number of carbonyl (C=O) groups is 9. The minimum Gasteiger partial charge on any atom is -0.491 e. The van der Waals surface area contributed by atoms with E-state index in [-0.39, 0.29) is 92.3 Å². The van der Waals surface area contributed by atoms with Crippen LogP contribution in [0.4, 0.5) is 26.2 Å². The molecular weight excluding hydrogens is 1870 g/mol. The molecule has 40 nitrogen and oxygen atoms in total. The van der Waals surface area contributed by atoms with Gasteiger partial charge in [0.1, 0.15) is 42.9 Å². The summed E-state index contributed by atoms with van der Waals surface area (Å²) in [6.45, 7) is 19.4. The highest BCUT2D eigenvalue weighted by Crippen LogP contribution is 2.72. The first kappa shape index (κ1) is 109. The number of ether oxygens (including phenoxy) is 14. The lowest BCUT2D eigenvalue weighted by Gasteiger charge is -2.69. The Morgan fingerprint density at radius 2 is 1.21 bits per heavy atom. The van der Waals surface area contributed by atoms with Gasteiger partial charge in [0.05, 0.1) is 179 Å². The average Bonchev–Trinajstić information content (AvgIpc) is 0.808. The van der Waals surface area contributed by atoms with Gasteiger partial charge in [0.15, 0.2) is 10.8 Å². The van der Waals surface area contributed by atoms with Crippen LogP contribution in [-0.2, 0) is 128 Å². The number of fused-ring (bicyclic) bond motifs is 2. The Morgan fingerprint density at radius 1 is 0.631 bits per heavy atom. The van der Waals surface area contributed by atoms with Crippen molar-refractivity contribution in [2.24, 2.45) is 33.6 Å². The number of aromatic nitrogens is 4. The summed E-state index contributed by atoms with van der Waals surface area (Å²) in [5.41, 5.74) is 16.1. The molecule has 2 aliphatic heterocycles. The van der Waals surface area contributed by atoms with E-state index in [1.807, 2.05) is 59.0 Å². The van der Waals surface area contributed by atoms with Crippen LogP contribution in [0.3, 0.4) is 0 Å². The molecule has 13 rings (SSSR count). The summed E-state index contributed by atoms with van der Waals surface area (Å²) < 4.78 is 116. The monoisotopic (exact) mass is 2000 g/mol. The highest BCUT2D eigenvalue weighted by Gasteiger charge is 2.66. The number of hydrogen-bond acceptors (Lipinski definition) is 31. The predicted octanol–water partition coefficient (Wildman–Crippen LogP) is 8.54. The lowest BCUT2D eigenvalue weighted by atomic mass is 9.39. The predicted molar refractivity (Wildman–Crippen MR) is 520 cm³/mol. The van der Waals surface area contributed by atoms with E-state index in [4.69, 9.17) is 87.9 Å². The number of benzene rings is 4. The molecule has 4 saturated carbocycles. The number of nitrogens with two attached hydrogens (primary N) is 2. The van der Waals surface area contributed by atoms with E-state index >= 15 is 0 Å². The number of rotatable bonds is 63. The van der Waals surface area contributed by atoms with Gasteiger partial charge in [-0.25, -0.2) is 29.3 Å². The molecule has 3 aromatic heterocycles. The van der Waals surface area contributed by atoms with Crippen LogP contribution in [0.1, 0.15) is 128 Å². The molecule has 2 unspecified atom stereocenters. The molecule has 6 aliphatic rings. The van der Waals surface area contributed by atoms with Gasteiger partial charge in [0.25, 0.3) is 33.7 Å². The quantitative estimate of drug-likeness (QED) is 0.0107. The number of nitrogens with one attached hydrogen (secondary N) is 3. The highest BCUT2D eigenvalue weighted by atomic mass is 32.2. The van der Waals surface area contributed by atoms with Gasteiger partial charge in [-0.15, -0.1) is 0 Å². The lowest BCUT2D eigenvalue weighted by molar-refractivity contribution is -0.248. The van der Waals surface area contributed by atoms with E-state index in [0.29, 0.717) is 214 Å². The largest absolute Gasteiger partial charge is 0.491 e. The number of anilines is 3. The van der Waals surface area contributed by atoms with Crippen molar-refractivity contribution in [1.82, 2.24) is 40.2 Å². The number of carboxylic acids is 1. The van der Waals surface area contributed by atoms with Gasteiger partial charge in [-0.1, -0.05) is 87.6 Å². The Hall–Kier alpha value is -10.9. The first-order valence-corrected chi connectivity index (χ1v) is 50.2. The first-order valence-electron chi connectivity index (χ1n) is 47.7. The maximum Gasteiger partial charge on any atom is 0.410 e. The zero-order chi connectivity index (χ0) is 101. The van der Waals surface area contributed by atoms with E-state index in [0.717, 1.165) is 81.1 Å². The number of pyridine rings is 1. The number of aromatic carboxylic acids is 1. The van der Waals surface area contributed by atoms with Crippen LogP contribution in [0.15, 0.2) is 121 Å². The van der Waals surface area contributed by atoms with E-state index in [1.165, 1.54) is 35.6 Å². The van der Waals surface area contributed by atoms with Crippen molar-refractivity contribution in [3.05, 3.63) is 161 Å². The fourth-order valence-corrected chi connectivity index (χ4v) is 21.2. The number of para-hydroxylation sites is 1. The van der Waals surface area contributed by atoms with Gasteiger partial charge in [0, 0.05) is 80.8 Å². The molecule has 0 saturated heterocycles. The lowest BCUT2D eigenvalue weighted by Crippen LogP contribution is -2.64. The topological polar surface area (TPSA) is 502 Å². The van der Waals surface area contributed by atoms with Gasteiger partial charge in [0.2, 0.25) is 11.8 Å². The first-order chi connectivity index (χ1) is 67.9. The van der Waals surface area contributed by atoms with Crippen LogP contribution in [0.25, 0.3) is 21.3 Å². The van der Waals surface area contributed by atoms with Gasteiger partial charge in [-0.3, -0.25) is 48.2 Å². The number of carbonyl (C=O) groups excluding carboxylic acids is 8. The minimum atomic E-state index is -4.59. The average molecular weight is 2000 g/mol. The molecular formula is C99H133N13O27S2. The minimum absolute atomic E-state index is 0.0290. The summed E-state index contributed by atoms with van der Waals surface area (Å²) in [5.74, 6) is -6.25. The Labute approximate surface area is 824 Å². The van der Waals surface area contributed by atoms with Crippen molar-refractivity contribution in [2.75, 3.05) is 206 Å². The maximum absolute atomic E-state index is 14.7. The zero-order valence-electron chi connectivity index (χ0n) is 81.0. The number of amides is 9. The maximum atomic E-state index is 14.7. The summed E-state index contributed by atoms with van der Waals surface area (Å²) in [7, 11) is -2.96. The second-order valence-corrected chi connectivity index (χ2v) is 39.5. The van der Waals surface area contributed by atoms with E-state index < -0.39 is 99.7 Å². The number of primary amides is 1. The second kappa shape index (κ2) is 52.9. The smallest absolute Gasteiger partial charge is 0.410 e. The SMILES string of the molecule is COCCOCCOCCOCCOCCOCCOCCOCCOCCOCCOCCOc1ccc(C[C@@H](C(=O)N[C@H](C(=O)N[C@@H](CCCN)C(=O)N(C(N)=O)c2ccc(COC(=O)N(CCOC34CC5(C)CC(C)(CC(Cn6ncc(-c7ccc(N8CCc9cccc(C(=O)Nc%10nc%11ccccc%11s%10)c9C8)nc7C(=O)O)c6C)(C5)C3)C4)CCS(=O)(=O)O)cc2)C(C)C)N2C(=O)C=CC2=O)cc1. The van der Waals surface area contributed by atoms with Gasteiger partial charge in [-0.2, -0.15) is 13.5 Å². The molecule has 0 radical (unpaired) electrons. The van der Waals surface area contributed by atoms with Crippen molar-refractivity contribution >= 4 is 102 Å². The van der Waals surface area contributed by atoms with Gasteiger partial charge >= 0.3 is 18.1 Å². The number of carboxylic acid groups (broad SMARTS) is 1. The molecule has 9 N–H and O–H groups in total. The van der Waals surface area contributed by atoms with Crippen LogP contribution in [0, 0.1) is 29.1 Å². The highest BCUT2D eigenvalue weighted by molar-refractivity contribution is 7.85. The molecule has 9 amide bonds. The second-order valence-electron chi connectivity index (χ2n) is 36.9. The van der Waals surface area contributed by atoms with Crippen molar-refractivity contribution in [3.8, 4) is 16.9 Å². The molecule has 0 spiro atoms. The fourth-order valence-electron chi connectivity index (χ4n) is 19.8. The van der Waals surface area contributed by atoms with Crippen LogP contribution < -0.4 is 42.0 Å². The summed E-state index contributed by atoms with van der Waals surface area (Å²) in [6.07, 6.45) is 8.08. The van der Waals surface area contributed by atoms with Crippen LogP contribution in [-0.4, -0.2) is 316 Å². The molecule has 4 fully saturated rings. The zero-order valence-corrected chi connectivity index (χ0v) is 82.6. The molecule has 7 aromatic rings. The summed E-state index contributed by atoms with van der Waals surface area (Å²) in [6, 6.07) is 23.7. The summed E-state index contributed by atoms with van der Waals surface area (Å²) in [5, 5.41) is 24.6. The van der Waals surface area contributed by atoms with Crippen molar-refractivity contribution in [3.63, 3.8) is 0 Å². The fraction of sp³-hybridized carbons (Fsp3) is 0.556. The molecule has 4 aromatic carbocycles. The molecule has 4 bridgehead atoms. The Bertz CT molecular complexity index is 5420. The van der Waals surface area contributed by atoms with E-state index in [2.05, 4.69) is 34.8 Å². The molecule has 5 atom stereocenters. The van der Waals surface area contributed by atoms with Crippen molar-refractivity contribution in [1.29, 1.82) is 0 Å². The molecule has 768 valence electrons. The van der Waals surface area contributed by atoms with Crippen LogP contribution in [0.2, 0.25) is 0 Å². The van der Waals surface area contributed by atoms with E-state index in [1.54, 1.807) is 63.6 Å². The molecule has 4 aliphatic carbocycles. The third-order valence-corrected chi connectivity index (χ3v) is 26.9. The standard InChI is InChI=1S/C99H133N13O27S2/c1-68(2)86(106-89(116)81(112-84(113)26-27-85(112)114)57-70-18-22-74(23-19-70)137-55-54-136-53-52-135-51-50-134-49-48-133-47-46-132-45-44-131-43-42-130-41-40-129-39-38-128-37-36-127-35-34-126-6)90(117)103-80(14-10-29-100)91(118)111(93(101)121)73-20-16-71(17-21-73)60-138-95(122)108(32-56-141(123,124)125)31-33-139-99-64-96(4)61-97(5,65-99)63-98(62-96,66-99)67-110-69(3)77(58-102-110)75-24-25-83(105-87(75)92(119)120)109-30-28-72-11-9-12-76(78(72)59-109)88(115)107-94-104-79-13-7-8-15-82(79)140-94/h7-9,11-13,15-27,58,68,80-81,86H,10,14,28-57,59-67,100H2,1-6H3,(H2,101,121)(H,103,117)(H,106,116)(H,119,120)(H,104,107,115)(H,123,124,125)/t80-,81-,86-,96?,97?,98?,99?/m0/s1.